The Bertz CT molecular complexity index is 59.7. The molecule has 0 aliphatic heterocycles. The molecule has 0 aromatic rings. The third-order valence-electron chi connectivity index (χ3n) is 1.37. The molecule has 0 heterocycles. The van der Waals surface area contributed by atoms with Gasteiger partial charge in [-0.1, -0.05) is 33.6 Å². The normalized spacial score (nSPS) is 10.8. The maximum Gasteiger partial charge on any atom is 0.0221 e. The van der Waals surface area contributed by atoms with Gasteiger partial charge >= 0.3 is 0 Å². The van der Waals surface area contributed by atoms with Gasteiger partial charge in [0.25, 0.3) is 0 Å². The lowest BCUT2D eigenvalue weighted by Crippen LogP contribution is -2.16. The molecular weight excluding hydrogens is 122 g/mol. The maximum absolute atomic E-state index is 3.29. The van der Waals surface area contributed by atoms with E-state index in [1.807, 2.05) is 0 Å². The number of rotatable bonds is 6. The molecule has 0 spiro atoms. The van der Waals surface area contributed by atoms with Crippen molar-refractivity contribution >= 4 is 0 Å². The minimum atomic E-state index is 0.762. The third kappa shape index (κ3) is 7.96. The SMILES string of the molecule is CCCC[CH]NCC(C)C. The molecule has 10 heavy (non-hydrogen) atoms. The Kier molecular flexibility index (Phi) is 7.04. The molecule has 0 rings (SSSR count). The molecule has 0 fully saturated rings. The van der Waals surface area contributed by atoms with Crippen LogP contribution in [0.1, 0.15) is 40.0 Å². The first-order valence-electron chi connectivity index (χ1n) is 4.32. The second kappa shape index (κ2) is 7.07. The summed E-state index contributed by atoms with van der Waals surface area (Å²) in [6, 6.07) is 0. The fourth-order valence-electron chi connectivity index (χ4n) is 0.727. The molecule has 1 nitrogen and oxygen atoms in total. The predicted molar refractivity (Wildman–Crippen MR) is 46.7 cm³/mol. The summed E-state index contributed by atoms with van der Waals surface area (Å²) >= 11 is 0. The minimum Gasteiger partial charge on any atom is -0.312 e. The monoisotopic (exact) mass is 142 g/mol. The summed E-state index contributed by atoms with van der Waals surface area (Å²) in [6.45, 7) is 9.96. The zero-order valence-corrected chi connectivity index (χ0v) is 7.48. The van der Waals surface area contributed by atoms with E-state index >= 15 is 0 Å². The second-order valence-corrected chi connectivity index (χ2v) is 3.15. The predicted octanol–water partition coefficient (Wildman–Crippen LogP) is 2.58. The molecule has 0 bridgehead atoms. The molecule has 0 unspecified atom stereocenters. The Morgan fingerprint density at radius 3 is 2.60 bits per heavy atom. The molecule has 61 valence electrons. The van der Waals surface area contributed by atoms with Crippen LogP contribution < -0.4 is 5.32 Å². The molecule has 0 aromatic carbocycles. The lowest BCUT2D eigenvalue weighted by atomic mass is 10.2. The Hall–Kier alpha value is -0.0400. The van der Waals surface area contributed by atoms with Gasteiger partial charge in [-0.3, -0.25) is 0 Å². The summed E-state index contributed by atoms with van der Waals surface area (Å²) in [5, 5.41) is 3.29. The van der Waals surface area contributed by atoms with Crippen LogP contribution in [0, 0.1) is 12.5 Å². The van der Waals surface area contributed by atoms with E-state index in [0.717, 1.165) is 12.5 Å². The molecule has 1 N–H and O–H groups in total. The van der Waals surface area contributed by atoms with Crippen LogP contribution in [-0.4, -0.2) is 6.54 Å². The van der Waals surface area contributed by atoms with Gasteiger partial charge in [0.05, 0.1) is 0 Å². The Balaban J connectivity index is 2.77. The molecule has 1 radical (unpaired) electrons. The van der Waals surface area contributed by atoms with Gasteiger partial charge in [0.1, 0.15) is 0 Å². The van der Waals surface area contributed by atoms with E-state index in [9.17, 15) is 0 Å². The smallest absolute Gasteiger partial charge is 0.0221 e. The lowest BCUT2D eigenvalue weighted by molar-refractivity contribution is 0.574. The third-order valence-corrected chi connectivity index (χ3v) is 1.37. The van der Waals surface area contributed by atoms with Crippen LogP contribution in [0.25, 0.3) is 0 Å². The number of hydrogen-bond acceptors (Lipinski definition) is 1. The second-order valence-electron chi connectivity index (χ2n) is 3.15. The molecule has 0 aliphatic carbocycles. The van der Waals surface area contributed by atoms with Gasteiger partial charge in [0, 0.05) is 6.54 Å². The highest BCUT2D eigenvalue weighted by Gasteiger charge is 1.91. The van der Waals surface area contributed by atoms with E-state index in [-0.39, 0.29) is 0 Å². The van der Waals surface area contributed by atoms with Crippen LogP contribution in [0.5, 0.6) is 0 Å². The molecule has 0 saturated heterocycles. The van der Waals surface area contributed by atoms with Gasteiger partial charge in [-0.25, -0.2) is 0 Å². The van der Waals surface area contributed by atoms with Crippen molar-refractivity contribution in [1.29, 1.82) is 0 Å². The van der Waals surface area contributed by atoms with Crippen molar-refractivity contribution in [1.82, 2.24) is 5.32 Å². The zero-order chi connectivity index (χ0) is 7.82. The highest BCUT2D eigenvalue weighted by atomic mass is 14.8. The van der Waals surface area contributed by atoms with Crippen LogP contribution in [0.2, 0.25) is 0 Å². The van der Waals surface area contributed by atoms with Crippen molar-refractivity contribution in [2.24, 2.45) is 5.92 Å². The van der Waals surface area contributed by atoms with Crippen molar-refractivity contribution in [2.45, 2.75) is 40.0 Å². The quantitative estimate of drug-likeness (QED) is 0.562. The van der Waals surface area contributed by atoms with Crippen molar-refractivity contribution in [3.63, 3.8) is 0 Å². The minimum absolute atomic E-state index is 0.762. The highest BCUT2D eigenvalue weighted by molar-refractivity contribution is 4.62. The molecular formula is C9H20N. The van der Waals surface area contributed by atoms with Gasteiger partial charge in [-0.2, -0.15) is 0 Å². The van der Waals surface area contributed by atoms with Crippen molar-refractivity contribution < 1.29 is 0 Å². The van der Waals surface area contributed by atoms with E-state index in [4.69, 9.17) is 0 Å². The highest BCUT2D eigenvalue weighted by Crippen LogP contribution is 1.95. The van der Waals surface area contributed by atoms with E-state index in [2.05, 4.69) is 32.6 Å². The van der Waals surface area contributed by atoms with Crippen molar-refractivity contribution in [3.8, 4) is 0 Å². The first-order chi connectivity index (χ1) is 4.77. The number of unbranched alkanes of at least 4 members (excludes halogenated alkanes) is 2. The molecule has 0 atom stereocenters. The summed E-state index contributed by atoms with van der Waals surface area (Å²) in [5.41, 5.74) is 0. The van der Waals surface area contributed by atoms with Gasteiger partial charge < -0.3 is 5.32 Å². The summed E-state index contributed by atoms with van der Waals surface area (Å²) in [4.78, 5) is 0. The zero-order valence-electron chi connectivity index (χ0n) is 7.48. The first-order valence-corrected chi connectivity index (χ1v) is 4.32. The standard InChI is InChI=1S/C9H20N/c1-4-5-6-7-10-8-9(2)3/h7,9-10H,4-6,8H2,1-3H3. The van der Waals surface area contributed by atoms with Crippen molar-refractivity contribution in [3.05, 3.63) is 6.54 Å². The van der Waals surface area contributed by atoms with Gasteiger partial charge in [0.15, 0.2) is 0 Å². The van der Waals surface area contributed by atoms with E-state index in [1.165, 1.54) is 19.3 Å². The van der Waals surface area contributed by atoms with Crippen LogP contribution in [0.4, 0.5) is 0 Å². The van der Waals surface area contributed by atoms with Crippen LogP contribution in [-0.2, 0) is 0 Å². The van der Waals surface area contributed by atoms with E-state index in [0.29, 0.717) is 0 Å². The average Bonchev–Trinajstić information content (AvgIpc) is 1.87. The van der Waals surface area contributed by atoms with E-state index in [1.54, 1.807) is 0 Å². The summed E-state index contributed by atoms with van der Waals surface area (Å²) in [6.07, 6.45) is 3.81. The number of hydrogen-bond donors (Lipinski definition) is 1. The summed E-state index contributed by atoms with van der Waals surface area (Å²) in [5.74, 6) is 0.762. The molecule has 0 saturated carbocycles. The van der Waals surface area contributed by atoms with Gasteiger partial charge in [-0.05, 0) is 18.9 Å². The van der Waals surface area contributed by atoms with E-state index < -0.39 is 0 Å². The Morgan fingerprint density at radius 2 is 2.10 bits per heavy atom. The Labute approximate surface area is 65.2 Å². The fraction of sp³-hybridized carbons (Fsp3) is 0.889. The first kappa shape index (κ1) is 9.96. The molecule has 0 aromatic heterocycles. The van der Waals surface area contributed by atoms with Crippen LogP contribution in [0.3, 0.4) is 0 Å². The summed E-state index contributed by atoms with van der Waals surface area (Å²) in [7, 11) is 0. The fourth-order valence-corrected chi connectivity index (χ4v) is 0.727. The summed E-state index contributed by atoms with van der Waals surface area (Å²) < 4.78 is 0. The van der Waals surface area contributed by atoms with Gasteiger partial charge in [0.2, 0.25) is 0 Å². The molecule has 1 heteroatoms. The van der Waals surface area contributed by atoms with Crippen molar-refractivity contribution in [2.75, 3.05) is 6.54 Å². The molecule has 0 aliphatic rings. The van der Waals surface area contributed by atoms with Gasteiger partial charge in [-0.15, -0.1) is 0 Å². The maximum atomic E-state index is 3.29. The average molecular weight is 142 g/mol. The lowest BCUT2D eigenvalue weighted by Gasteiger charge is -2.05. The largest absolute Gasteiger partial charge is 0.312 e. The topological polar surface area (TPSA) is 12.0 Å². The Morgan fingerprint density at radius 1 is 1.40 bits per heavy atom. The van der Waals surface area contributed by atoms with Crippen LogP contribution >= 0.6 is 0 Å². The molecule has 0 amide bonds. The number of nitrogens with one attached hydrogen (secondary N) is 1. The van der Waals surface area contributed by atoms with Crippen LogP contribution in [0.15, 0.2) is 0 Å².